The molecule has 0 aromatic heterocycles. The summed E-state index contributed by atoms with van der Waals surface area (Å²) in [5.74, 6) is 0.381. The van der Waals surface area contributed by atoms with Gasteiger partial charge in [-0.05, 0) is 36.2 Å². The highest BCUT2D eigenvalue weighted by molar-refractivity contribution is 5.77. The molecule has 2 saturated heterocycles. The molecule has 0 unspecified atom stereocenters. The number of nitrogens with zero attached hydrogens (tertiary/aromatic N) is 2. The first-order chi connectivity index (χ1) is 14.4. The molecule has 4 rings (SSSR count). The Morgan fingerprint density at radius 2 is 1.77 bits per heavy atom. The second kappa shape index (κ2) is 8.11. The number of hydrogen-bond acceptors (Lipinski definition) is 4. The van der Waals surface area contributed by atoms with Gasteiger partial charge in [0.15, 0.2) is 0 Å². The summed E-state index contributed by atoms with van der Waals surface area (Å²) in [5.41, 5.74) is 1.76. The lowest BCUT2D eigenvalue weighted by Crippen LogP contribution is -2.63. The van der Waals surface area contributed by atoms with Crippen molar-refractivity contribution in [3.63, 3.8) is 0 Å². The number of fused-ring (bicyclic) bond motifs is 1. The first-order valence-corrected chi connectivity index (χ1v) is 10.5. The lowest BCUT2D eigenvalue weighted by Gasteiger charge is -2.45. The number of phenolic OH excluding ortho intramolecular Hbond substituents is 1. The summed E-state index contributed by atoms with van der Waals surface area (Å²) in [5, 5.41) is 12.8. The summed E-state index contributed by atoms with van der Waals surface area (Å²) in [7, 11) is 0. The molecule has 2 aliphatic heterocycles. The van der Waals surface area contributed by atoms with Gasteiger partial charge in [-0.3, -0.25) is 14.5 Å². The average molecular weight is 408 g/mol. The SMILES string of the molecule is CC(=O)N[C@@]12CN(Cc3ccc(O)cc3)CC[C@@H]1[C@@H](c1ccccc1)N(C(C)=O)C2. The van der Waals surface area contributed by atoms with Crippen molar-refractivity contribution in [1.82, 2.24) is 15.1 Å². The molecule has 2 amide bonds. The van der Waals surface area contributed by atoms with Gasteiger partial charge < -0.3 is 15.3 Å². The van der Waals surface area contributed by atoms with Crippen molar-refractivity contribution >= 4 is 11.8 Å². The van der Waals surface area contributed by atoms with Gasteiger partial charge in [0.25, 0.3) is 0 Å². The third kappa shape index (κ3) is 3.92. The Kier molecular flexibility index (Phi) is 5.52. The summed E-state index contributed by atoms with van der Waals surface area (Å²) in [4.78, 5) is 29.1. The summed E-state index contributed by atoms with van der Waals surface area (Å²) in [6.45, 7) is 6.00. The molecular weight excluding hydrogens is 378 g/mol. The van der Waals surface area contributed by atoms with Crippen LogP contribution in [0.1, 0.15) is 37.4 Å². The van der Waals surface area contributed by atoms with E-state index in [4.69, 9.17) is 0 Å². The van der Waals surface area contributed by atoms with E-state index in [0.29, 0.717) is 13.1 Å². The molecule has 2 aromatic carbocycles. The fraction of sp³-hybridized carbons (Fsp3) is 0.417. The molecule has 158 valence electrons. The van der Waals surface area contributed by atoms with E-state index in [1.54, 1.807) is 26.0 Å². The Balaban J connectivity index is 1.65. The van der Waals surface area contributed by atoms with Gasteiger partial charge in [-0.15, -0.1) is 0 Å². The molecule has 6 heteroatoms. The number of hydrogen-bond donors (Lipinski definition) is 2. The van der Waals surface area contributed by atoms with Crippen LogP contribution < -0.4 is 5.32 Å². The predicted octanol–water partition coefficient (Wildman–Crippen LogP) is 2.69. The standard InChI is InChI=1S/C24H29N3O3/c1-17(28)25-24-15-26(14-19-8-10-21(30)11-9-19)13-12-22(24)23(27(16-24)18(2)29)20-6-4-3-5-7-20/h3-11,22-23,30H,12-16H2,1-2H3,(H,25,28)/t22-,23-,24-/m1/s1. The van der Waals surface area contributed by atoms with Gasteiger partial charge in [0.05, 0.1) is 11.6 Å². The van der Waals surface area contributed by atoms with Gasteiger partial charge in [-0.25, -0.2) is 0 Å². The first kappa shape index (κ1) is 20.4. The number of carbonyl (C=O) groups excluding carboxylic acids is 2. The van der Waals surface area contributed by atoms with E-state index >= 15 is 0 Å². The number of likely N-dealkylation sites (tertiary alicyclic amines) is 2. The van der Waals surface area contributed by atoms with E-state index in [2.05, 4.69) is 22.3 Å². The van der Waals surface area contributed by atoms with Crippen LogP contribution in [0, 0.1) is 5.92 Å². The topological polar surface area (TPSA) is 72.9 Å². The maximum atomic E-state index is 12.6. The lowest BCUT2D eigenvalue weighted by atomic mass is 9.75. The zero-order valence-electron chi connectivity index (χ0n) is 17.5. The molecule has 2 aliphatic rings. The molecule has 0 bridgehead atoms. The molecule has 2 N–H and O–H groups in total. The number of nitrogens with one attached hydrogen (secondary N) is 1. The van der Waals surface area contributed by atoms with Crippen molar-refractivity contribution in [2.75, 3.05) is 19.6 Å². The van der Waals surface area contributed by atoms with Crippen molar-refractivity contribution in [3.8, 4) is 5.75 Å². The predicted molar refractivity (Wildman–Crippen MR) is 115 cm³/mol. The van der Waals surface area contributed by atoms with E-state index in [1.165, 1.54) is 0 Å². The summed E-state index contributed by atoms with van der Waals surface area (Å²) in [6, 6.07) is 17.4. The number of benzene rings is 2. The zero-order chi connectivity index (χ0) is 21.3. The average Bonchev–Trinajstić information content (AvgIpc) is 3.04. The Hall–Kier alpha value is -2.86. The minimum absolute atomic E-state index is 0.0352. The molecule has 0 spiro atoms. The minimum atomic E-state index is -0.479. The number of rotatable bonds is 4. The van der Waals surface area contributed by atoms with Crippen LogP contribution in [0.2, 0.25) is 0 Å². The van der Waals surface area contributed by atoms with Gasteiger partial charge in [-0.2, -0.15) is 0 Å². The van der Waals surface area contributed by atoms with Crippen LogP contribution in [0.25, 0.3) is 0 Å². The molecule has 3 atom stereocenters. The summed E-state index contributed by atoms with van der Waals surface area (Å²) < 4.78 is 0. The molecule has 2 aromatic rings. The number of carbonyl (C=O) groups is 2. The van der Waals surface area contributed by atoms with Gasteiger partial charge in [0, 0.05) is 39.4 Å². The van der Waals surface area contributed by atoms with E-state index in [-0.39, 0.29) is 29.5 Å². The second-order valence-corrected chi connectivity index (χ2v) is 8.61. The Morgan fingerprint density at radius 1 is 1.07 bits per heavy atom. The van der Waals surface area contributed by atoms with Crippen molar-refractivity contribution in [2.45, 2.75) is 38.4 Å². The molecule has 6 nitrogen and oxygen atoms in total. The highest BCUT2D eigenvalue weighted by Gasteiger charge is 2.56. The molecule has 0 radical (unpaired) electrons. The van der Waals surface area contributed by atoms with Crippen LogP contribution in [0.4, 0.5) is 0 Å². The van der Waals surface area contributed by atoms with Gasteiger partial charge in [0.1, 0.15) is 5.75 Å². The van der Waals surface area contributed by atoms with Crippen LogP contribution in [-0.2, 0) is 16.1 Å². The molecule has 2 fully saturated rings. The van der Waals surface area contributed by atoms with Crippen LogP contribution in [0.15, 0.2) is 54.6 Å². The number of piperidine rings is 1. The normalized spacial score (nSPS) is 26.3. The molecule has 0 saturated carbocycles. The van der Waals surface area contributed by atoms with E-state index in [1.807, 2.05) is 35.2 Å². The van der Waals surface area contributed by atoms with Crippen LogP contribution in [-0.4, -0.2) is 51.9 Å². The summed E-state index contributed by atoms with van der Waals surface area (Å²) >= 11 is 0. The van der Waals surface area contributed by atoms with E-state index < -0.39 is 5.54 Å². The zero-order valence-corrected chi connectivity index (χ0v) is 17.5. The van der Waals surface area contributed by atoms with Crippen molar-refractivity contribution in [1.29, 1.82) is 0 Å². The highest BCUT2D eigenvalue weighted by Crippen LogP contribution is 2.47. The van der Waals surface area contributed by atoms with E-state index in [9.17, 15) is 14.7 Å². The van der Waals surface area contributed by atoms with Gasteiger partial charge >= 0.3 is 0 Å². The molecule has 30 heavy (non-hydrogen) atoms. The van der Waals surface area contributed by atoms with Crippen LogP contribution in [0.5, 0.6) is 5.75 Å². The Morgan fingerprint density at radius 3 is 2.40 bits per heavy atom. The van der Waals surface area contributed by atoms with Crippen molar-refractivity contribution in [2.24, 2.45) is 5.92 Å². The maximum absolute atomic E-state index is 12.6. The van der Waals surface area contributed by atoms with Crippen LogP contribution >= 0.6 is 0 Å². The monoisotopic (exact) mass is 407 g/mol. The quantitative estimate of drug-likeness (QED) is 0.817. The van der Waals surface area contributed by atoms with E-state index in [0.717, 1.165) is 30.6 Å². The number of phenols is 1. The molecular formula is C24H29N3O3. The highest BCUT2D eigenvalue weighted by atomic mass is 16.3. The first-order valence-electron chi connectivity index (χ1n) is 10.5. The second-order valence-electron chi connectivity index (χ2n) is 8.61. The summed E-state index contributed by atoms with van der Waals surface area (Å²) in [6.07, 6.45) is 0.891. The van der Waals surface area contributed by atoms with Gasteiger partial charge in [-0.1, -0.05) is 42.5 Å². The Labute approximate surface area is 177 Å². The van der Waals surface area contributed by atoms with Crippen molar-refractivity contribution in [3.05, 3.63) is 65.7 Å². The molecule has 0 aliphatic carbocycles. The van der Waals surface area contributed by atoms with Crippen LogP contribution in [0.3, 0.4) is 0 Å². The smallest absolute Gasteiger partial charge is 0.220 e. The number of amides is 2. The third-order valence-corrected chi connectivity index (χ3v) is 6.45. The lowest BCUT2D eigenvalue weighted by molar-refractivity contribution is -0.130. The minimum Gasteiger partial charge on any atom is -0.508 e. The number of aromatic hydroxyl groups is 1. The Bertz CT molecular complexity index is 915. The third-order valence-electron chi connectivity index (χ3n) is 6.45. The molecule has 2 heterocycles. The fourth-order valence-electron chi connectivity index (χ4n) is 5.33. The maximum Gasteiger partial charge on any atom is 0.220 e. The largest absolute Gasteiger partial charge is 0.508 e. The van der Waals surface area contributed by atoms with Gasteiger partial charge in [0.2, 0.25) is 11.8 Å². The fourth-order valence-corrected chi connectivity index (χ4v) is 5.33. The van der Waals surface area contributed by atoms with Crippen molar-refractivity contribution < 1.29 is 14.7 Å².